The summed E-state index contributed by atoms with van der Waals surface area (Å²) in [5.74, 6) is -0.762. The maximum absolute atomic E-state index is 13.2. The van der Waals surface area contributed by atoms with Gasteiger partial charge in [0.15, 0.2) is 0 Å². The van der Waals surface area contributed by atoms with Gasteiger partial charge in [-0.1, -0.05) is 6.92 Å². The van der Waals surface area contributed by atoms with Gasteiger partial charge in [-0.3, -0.25) is 4.90 Å². The molecule has 0 radical (unpaired) electrons. The number of halogens is 1. The number of likely N-dealkylation sites (tertiary alicyclic amines) is 1. The fourth-order valence-corrected chi connectivity index (χ4v) is 2.73. The van der Waals surface area contributed by atoms with Crippen LogP contribution >= 0.6 is 0 Å². The summed E-state index contributed by atoms with van der Waals surface area (Å²) in [4.78, 5) is 13.3. The summed E-state index contributed by atoms with van der Waals surface area (Å²) in [7, 11) is 0. The molecule has 3 nitrogen and oxygen atoms in total. The molecule has 2 rings (SSSR count). The van der Waals surface area contributed by atoms with E-state index in [0.29, 0.717) is 24.1 Å². The topological polar surface area (TPSA) is 40.5 Å². The first-order valence-electron chi connectivity index (χ1n) is 6.23. The highest BCUT2D eigenvalue weighted by molar-refractivity contribution is 5.89. The normalized spacial score (nSPS) is 24.4. The van der Waals surface area contributed by atoms with E-state index in [9.17, 15) is 9.18 Å². The van der Waals surface area contributed by atoms with Crippen molar-refractivity contribution in [1.82, 2.24) is 4.90 Å². The number of benzene rings is 1. The second-order valence-electron chi connectivity index (χ2n) is 5.23. The Labute approximate surface area is 106 Å². The second kappa shape index (κ2) is 5.06. The fourth-order valence-electron chi connectivity index (χ4n) is 2.73. The molecular formula is C14H18FNO2. The van der Waals surface area contributed by atoms with E-state index in [-0.39, 0.29) is 11.4 Å². The average Bonchev–Trinajstić information content (AvgIpc) is 2.57. The minimum Gasteiger partial charge on any atom is -0.478 e. The molecule has 1 heterocycles. The number of hydrogen-bond acceptors (Lipinski definition) is 2. The molecule has 1 N–H and O–H groups in total. The number of nitrogens with zero attached hydrogens (tertiary/aromatic N) is 1. The molecule has 0 aromatic heterocycles. The molecule has 4 heteroatoms. The summed E-state index contributed by atoms with van der Waals surface area (Å²) in [5.41, 5.74) is 0.756. The Kier molecular flexibility index (Phi) is 3.66. The van der Waals surface area contributed by atoms with Gasteiger partial charge in [-0.2, -0.15) is 0 Å². The van der Waals surface area contributed by atoms with Crippen LogP contribution in [0.3, 0.4) is 0 Å². The monoisotopic (exact) mass is 251 g/mol. The van der Waals surface area contributed by atoms with Gasteiger partial charge < -0.3 is 5.11 Å². The predicted octanol–water partition coefficient (Wildman–Crippen LogP) is 2.75. The van der Waals surface area contributed by atoms with Crippen molar-refractivity contribution in [2.45, 2.75) is 32.9 Å². The van der Waals surface area contributed by atoms with E-state index < -0.39 is 5.97 Å². The molecule has 1 aromatic rings. The van der Waals surface area contributed by atoms with Crippen LogP contribution in [0.25, 0.3) is 0 Å². The van der Waals surface area contributed by atoms with E-state index >= 15 is 0 Å². The average molecular weight is 251 g/mol. The minimum absolute atomic E-state index is 0.197. The van der Waals surface area contributed by atoms with Crippen molar-refractivity contribution in [3.63, 3.8) is 0 Å². The van der Waals surface area contributed by atoms with Crippen molar-refractivity contribution < 1.29 is 14.3 Å². The summed E-state index contributed by atoms with van der Waals surface area (Å²) >= 11 is 0. The Morgan fingerprint density at radius 2 is 2.22 bits per heavy atom. The molecule has 0 saturated carbocycles. The van der Waals surface area contributed by atoms with Crippen molar-refractivity contribution in [1.29, 1.82) is 0 Å². The Bertz CT molecular complexity index is 461. The Morgan fingerprint density at radius 3 is 2.78 bits per heavy atom. The minimum atomic E-state index is -0.995. The summed E-state index contributed by atoms with van der Waals surface area (Å²) < 4.78 is 13.2. The highest BCUT2D eigenvalue weighted by Gasteiger charge is 2.27. The third kappa shape index (κ3) is 2.70. The van der Waals surface area contributed by atoms with Gasteiger partial charge in [-0.15, -0.1) is 0 Å². The molecule has 1 aliphatic heterocycles. The van der Waals surface area contributed by atoms with Crippen LogP contribution in [0.5, 0.6) is 0 Å². The molecule has 2 unspecified atom stereocenters. The lowest BCUT2D eigenvalue weighted by Gasteiger charge is -2.22. The van der Waals surface area contributed by atoms with Gasteiger partial charge in [0, 0.05) is 19.1 Å². The van der Waals surface area contributed by atoms with E-state index in [1.807, 2.05) is 0 Å². The van der Waals surface area contributed by atoms with Gasteiger partial charge in [-0.05, 0) is 43.0 Å². The lowest BCUT2D eigenvalue weighted by Crippen LogP contribution is -2.27. The Hall–Kier alpha value is -1.42. The third-order valence-electron chi connectivity index (χ3n) is 3.58. The van der Waals surface area contributed by atoms with E-state index in [0.717, 1.165) is 13.0 Å². The largest absolute Gasteiger partial charge is 0.478 e. The summed E-state index contributed by atoms with van der Waals surface area (Å²) in [6, 6.07) is 4.30. The van der Waals surface area contributed by atoms with Gasteiger partial charge in [0.2, 0.25) is 0 Å². The molecule has 1 saturated heterocycles. The number of rotatable bonds is 3. The van der Waals surface area contributed by atoms with Gasteiger partial charge in [-0.25, -0.2) is 9.18 Å². The highest BCUT2D eigenvalue weighted by Crippen LogP contribution is 2.25. The lowest BCUT2D eigenvalue weighted by atomic mass is 10.1. The highest BCUT2D eigenvalue weighted by atomic mass is 19.1. The Balaban J connectivity index is 2.22. The summed E-state index contributed by atoms with van der Waals surface area (Å²) in [6.45, 7) is 5.76. The predicted molar refractivity (Wildman–Crippen MR) is 67.0 cm³/mol. The SMILES string of the molecule is CC1CC(C)N(Cc2cc(F)ccc2C(=O)O)C1. The van der Waals surface area contributed by atoms with Crippen molar-refractivity contribution in [3.05, 3.63) is 35.1 Å². The first-order chi connectivity index (χ1) is 8.47. The molecule has 0 aliphatic carbocycles. The van der Waals surface area contributed by atoms with Crippen LogP contribution in [0.2, 0.25) is 0 Å². The van der Waals surface area contributed by atoms with Crippen LogP contribution in [0, 0.1) is 11.7 Å². The first kappa shape index (κ1) is 13.0. The van der Waals surface area contributed by atoms with Gasteiger partial charge in [0.1, 0.15) is 5.82 Å². The van der Waals surface area contributed by atoms with Gasteiger partial charge in [0.05, 0.1) is 5.56 Å². The molecule has 0 spiro atoms. The van der Waals surface area contributed by atoms with Gasteiger partial charge >= 0.3 is 5.97 Å². The molecule has 1 fully saturated rings. The number of hydrogen-bond donors (Lipinski definition) is 1. The standard InChI is InChI=1S/C14H18FNO2/c1-9-5-10(2)16(7-9)8-11-6-12(15)3-4-13(11)14(17)18/h3-4,6,9-10H,5,7-8H2,1-2H3,(H,17,18). The third-order valence-corrected chi connectivity index (χ3v) is 3.58. The number of aromatic carboxylic acids is 1. The molecule has 18 heavy (non-hydrogen) atoms. The maximum Gasteiger partial charge on any atom is 0.336 e. The molecule has 1 aromatic carbocycles. The van der Waals surface area contributed by atoms with Crippen LogP contribution in [-0.4, -0.2) is 28.6 Å². The fraction of sp³-hybridized carbons (Fsp3) is 0.500. The van der Waals surface area contributed by atoms with Crippen LogP contribution in [-0.2, 0) is 6.54 Å². The summed E-state index contributed by atoms with van der Waals surface area (Å²) in [6.07, 6.45) is 1.11. The molecule has 1 aliphatic rings. The van der Waals surface area contributed by atoms with Crippen molar-refractivity contribution in [2.75, 3.05) is 6.54 Å². The Morgan fingerprint density at radius 1 is 1.50 bits per heavy atom. The maximum atomic E-state index is 13.2. The number of carboxylic acid groups (broad SMARTS) is 1. The molecule has 0 bridgehead atoms. The lowest BCUT2D eigenvalue weighted by molar-refractivity contribution is 0.0694. The van der Waals surface area contributed by atoms with E-state index in [2.05, 4.69) is 18.7 Å². The number of carbonyl (C=O) groups is 1. The van der Waals surface area contributed by atoms with Gasteiger partial charge in [0.25, 0.3) is 0 Å². The van der Waals surface area contributed by atoms with Crippen LogP contribution in [0.15, 0.2) is 18.2 Å². The van der Waals surface area contributed by atoms with E-state index in [4.69, 9.17) is 5.11 Å². The van der Waals surface area contributed by atoms with E-state index in [1.54, 1.807) is 0 Å². The first-order valence-corrected chi connectivity index (χ1v) is 6.23. The van der Waals surface area contributed by atoms with Crippen molar-refractivity contribution >= 4 is 5.97 Å². The van der Waals surface area contributed by atoms with Crippen LogP contribution in [0.4, 0.5) is 4.39 Å². The quantitative estimate of drug-likeness (QED) is 0.898. The molecule has 98 valence electrons. The van der Waals surface area contributed by atoms with Crippen LogP contribution in [0.1, 0.15) is 36.2 Å². The zero-order chi connectivity index (χ0) is 13.3. The van der Waals surface area contributed by atoms with E-state index in [1.165, 1.54) is 18.2 Å². The summed E-state index contributed by atoms with van der Waals surface area (Å²) in [5, 5.41) is 9.11. The zero-order valence-electron chi connectivity index (χ0n) is 10.7. The molecular weight excluding hydrogens is 233 g/mol. The van der Waals surface area contributed by atoms with Crippen molar-refractivity contribution in [3.8, 4) is 0 Å². The number of carboxylic acids is 1. The van der Waals surface area contributed by atoms with Crippen molar-refractivity contribution in [2.24, 2.45) is 5.92 Å². The second-order valence-corrected chi connectivity index (χ2v) is 5.23. The zero-order valence-corrected chi connectivity index (χ0v) is 10.7. The molecule has 0 amide bonds. The molecule has 2 atom stereocenters. The smallest absolute Gasteiger partial charge is 0.336 e. The van der Waals surface area contributed by atoms with Crippen LogP contribution < -0.4 is 0 Å².